The van der Waals surface area contributed by atoms with Gasteiger partial charge in [0, 0.05) is 13.1 Å². The van der Waals surface area contributed by atoms with E-state index in [4.69, 9.17) is 9.47 Å². The number of hydrogen-bond donors (Lipinski definition) is 1. The largest absolute Gasteiger partial charge is 0.450 e. The fraction of sp³-hybridized carbons (Fsp3) is 0.857. The maximum absolute atomic E-state index is 11.9. The number of rotatable bonds is 5. The molecule has 1 rings (SSSR count). The Hall–Kier alpha value is -1.46. The molecule has 20 heavy (non-hydrogen) atoms. The predicted octanol–water partition coefficient (Wildman–Crippen LogP) is 2.38. The topological polar surface area (TPSA) is 67.9 Å². The van der Waals surface area contributed by atoms with Crippen molar-refractivity contribution in [2.24, 2.45) is 5.92 Å². The molecule has 0 saturated carbocycles. The second-order valence-corrected chi connectivity index (χ2v) is 5.06. The van der Waals surface area contributed by atoms with Gasteiger partial charge >= 0.3 is 12.2 Å². The highest BCUT2D eigenvalue weighted by atomic mass is 16.6. The molecule has 2 atom stereocenters. The van der Waals surface area contributed by atoms with Gasteiger partial charge in [-0.3, -0.25) is 0 Å². The fourth-order valence-corrected chi connectivity index (χ4v) is 2.63. The van der Waals surface area contributed by atoms with Gasteiger partial charge in [0.15, 0.2) is 0 Å². The summed E-state index contributed by atoms with van der Waals surface area (Å²) in [7, 11) is 0. The lowest BCUT2D eigenvalue weighted by Crippen LogP contribution is -2.52. The van der Waals surface area contributed by atoms with Crippen LogP contribution < -0.4 is 5.32 Å². The highest BCUT2D eigenvalue weighted by Gasteiger charge is 2.31. The molecule has 1 aliphatic rings. The minimum absolute atomic E-state index is 0.0660. The Kier molecular flexibility index (Phi) is 7.18. The first-order valence-corrected chi connectivity index (χ1v) is 7.45. The third-order valence-electron chi connectivity index (χ3n) is 3.36. The number of alkyl carbamates (subject to hydrolysis) is 1. The van der Waals surface area contributed by atoms with Gasteiger partial charge in [-0.2, -0.15) is 0 Å². The average Bonchev–Trinajstić information content (AvgIpc) is 2.39. The first-order valence-electron chi connectivity index (χ1n) is 7.45. The smallest absolute Gasteiger partial charge is 0.409 e. The zero-order valence-electron chi connectivity index (χ0n) is 12.7. The number of nitrogens with one attached hydrogen (secondary N) is 1. The monoisotopic (exact) mass is 286 g/mol. The summed E-state index contributed by atoms with van der Waals surface area (Å²) in [6.45, 7) is 7.58. The van der Waals surface area contributed by atoms with E-state index in [1.165, 1.54) is 0 Å². The molecular weight excluding hydrogens is 260 g/mol. The summed E-state index contributed by atoms with van der Waals surface area (Å²) in [5, 5.41) is 2.82. The fourth-order valence-electron chi connectivity index (χ4n) is 2.63. The van der Waals surface area contributed by atoms with Gasteiger partial charge in [0.25, 0.3) is 0 Å². The standard InChI is InChI=1S/C14H26N2O4/c1-4-7-11-8-12(15-13(17)19-5-2)10-16(9-11)14(18)20-6-3/h11-12H,4-10H2,1-3H3,(H,15,17). The third-order valence-corrected chi connectivity index (χ3v) is 3.36. The molecule has 0 aliphatic carbocycles. The van der Waals surface area contributed by atoms with E-state index in [1.807, 2.05) is 0 Å². The predicted molar refractivity (Wildman–Crippen MR) is 75.6 cm³/mol. The number of piperidine rings is 1. The molecule has 1 N–H and O–H groups in total. The summed E-state index contributed by atoms with van der Waals surface area (Å²) in [6, 6.07) is -0.0660. The summed E-state index contributed by atoms with van der Waals surface area (Å²) in [5.41, 5.74) is 0. The normalized spacial score (nSPS) is 22.2. The van der Waals surface area contributed by atoms with Crippen LogP contribution in [0.15, 0.2) is 0 Å². The van der Waals surface area contributed by atoms with Crippen molar-refractivity contribution in [1.82, 2.24) is 10.2 Å². The summed E-state index contributed by atoms with van der Waals surface area (Å²) in [4.78, 5) is 25.1. The molecule has 1 heterocycles. The van der Waals surface area contributed by atoms with Crippen LogP contribution in [0, 0.1) is 5.92 Å². The molecule has 1 aliphatic heterocycles. The minimum atomic E-state index is -0.418. The lowest BCUT2D eigenvalue weighted by atomic mass is 9.91. The van der Waals surface area contributed by atoms with Crippen LogP contribution in [-0.2, 0) is 9.47 Å². The second kappa shape index (κ2) is 8.66. The van der Waals surface area contributed by atoms with Crippen LogP contribution in [0.25, 0.3) is 0 Å². The number of nitrogens with zero attached hydrogens (tertiary/aromatic N) is 1. The Morgan fingerprint density at radius 1 is 1.15 bits per heavy atom. The molecule has 1 fully saturated rings. The third kappa shape index (κ3) is 5.27. The molecule has 2 amide bonds. The van der Waals surface area contributed by atoms with E-state index < -0.39 is 6.09 Å². The Morgan fingerprint density at radius 3 is 2.45 bits per heavy atom. The van der Waals surface area contributed by atoms with Gasteiger partial charge in [0.2, 0.25) is 0 Å². The van der Waals surface area contributed by atoms with Gasteiger partial charge in [-0.1, -0.05) is 13.3 Å². The van der Waals surface area contributed by atoms with Crippen LogP contribution in [0.4, 0.5) is 9.59 Å². The van der Waals surface area contributed by atoms with Crippen LogP contribution in [0.5, 0.6) is 0 Å². The van der Waals surface area contributed by atoms with Gasteiger partial charge in [-0.05, 0) is 32.6 Å². The zero-order chi connectivity index (χ0) is 15.0. The molecule has 6 heteroatoms. The van der Waals surface area contributed by atoms with E-state index in [9.17, 15) is 9.59 Å². The maximum atomic E-state index is 11.9. The summed E-state index contributed by atoms with van der Waals surface area (Å²) >= 11 is 0. The van der Waals surface area contributed by atoms with Crippen LogP contribution in [0.1, 0.15) is 40.0 Å². The van der Waals surface area contributed by atoms with E-state index in [1.54, 1.807) is 18.7 Å². The molecule has 0 aromatic heterocycles. The first-order chi connectivity index (χ1) is 9.60. The summed E-state index contributed by atoms with van der Waals surface area (Å²) in [6.07, 6.45) is 2.26. The molecule has 0 aromatic rings. The molecule has 0 spiro atoms. The average molecular weight is 286 g/mol. The summed E-state index contributed by atoms with van der Waals surface area (Å²) < 4.78 is 9.95. The Bertz CT molecular complexity index is 322. The van der Waals surface area contributed by atoms with E-state index in [2.05, 4.69) is 12.2 Å². The Balaban J connectivity index is 2.60. The van der Waals surface area contributed by atoms with Crippen molar-refractivity contribution >= 4 is 12.2 Å². The molecule has 2 unspecified atom stereocenters. The highest BCUT2D eigenvalue weighted by Crippen LogP contribution is 2.22. The number of carbonyl (C=O) groups excluding carboxylic acids is 2. The van der Waals surface area contributed by atoms with Gasteiger partial charge < -0.3 is 19.7 Å². The van der Waals surface area contributed by atoms with Crippen molar-refractivity contribution in [1.29, 1.82) is 0 Å². The van der Waals surface area contributed by atoms with Gasteiger partial charge in [0.1, 0.15) is 0 Å². The van der Waals surface area contributed by atoms with Crippen LogP contribution in [0.2, 0.25) is 0 Å². The molecule has 1 saturated heterocycles. The molecule has 0 bridgehead atoms. The Labute approximate surface area is 120 Å². The lowest BCUT2D eigenvalue weighted by Gasteiger charge is -2.37. The van der Waals surface area contributed by atoms with Crippen molar-refractivity contribution in [2.45, 2.75) is 46.1 Å². The number of hydrogen-bond acceptors (Lipinski definition) is 4. The first kappa shape index (κ1) is 16.6. The number of carbonyl (C=O) groups is 2. The quantitative estimate of drug-likeness (QED) is 0.842. The summed E-state index contributed by atoms with van der Waals surface area (Å²) in [5.74, 6) is 0.394. The van der Waals surface area contributed by atoms with Crippen LogP contribution in [-0.4, -0.2) is 49.4 Å². The van der Waals surface area contributed by atoms with Crippen molar-refractivity contribution in [3.8, 4) is 0 Å². The van der Waals surface area contributed by atoms with Crippen molar-refractivity contribution < 1.29 is 19.1 Å². The van der Waals surface area contributed by atoms with Crippen molar-refractivity contribution in [2.75, 3.05) is 26.3 Å². The zero-order valence-corrected chi connectivity index (χ0v) is 12.7. The number of likely N-dealkylation sites (tertiary alicyclic amines) is 1. The lowest BCUT2D eigenvalue weighted by molar-refractivity contribution is 0.0744. The molecule has 0 radical (unpaired) electrons. The Morgan fingerprint density at radius 2 is 1.85 bits per heavy atom. The van der Waals surface area contributed by atoms with Gasteiger partial charge in [0.05, 0.1) is 19.3 Å². The SMILES string of the molecule is CCCC1CC(NC(=O)OCC)CN(C(=O)OCC)C1. The van der Waals surface area contributed by atoms with Gasteiger partial charge in [-0.25, -0.2) is 9.59 Å². The second-order valence-electron chi connectivity index (χ2n) is 5.06. The number of amides is 2. The van der Waals surface area contributed by atoms with Crippen LogP contribution in [0.3, 0.4) is 0 Å². The number of ether oxygens (including phenoxy) is 2. The van der Waals surface area contributed by atoms with E-state index in [-0.39, 0.29) is 12.1 Å². The maximum Gasteiger partial charge on any atom is 0.409 e. The van der Waals surface area contributed by atoms with Crippen LogP contribution >= 0.6 is 0 Å². The molecule has 0 aromatic carbocycles. The highest BCUT2D eigenvalue weighted by molar-refractivity contribution is 5.69. The van der Waals surface area contributed by atoms with Crippen molar-refractivity contribution in [3.63, 3.8) is 0 Å². The molecule has 6 nitrogen and oxygen atoms in total. The van der Waals surface area contributed by atoms with E-state index in [0.717, 1.165) is 19.3 Å². The van der Waals surface area contributed by atoms with E-state index >= 15 is 0 Å². The molecule has 116 valence electrons. The minimum Gasteiger partial charge on any atom is -0.450 e. The van der Waals surface area contributed by atoms with E-state index in [0.29, 0.717) is 32.2 Å². The van der Waals surface area contributed by atoms with Crippen molar-refractivity contribution in [3.05, 3.63) is 0 Å². The van der Waals surface area contributed by atoms with Gasteiger partial charge in [-0.15, -0.1) is 0 Å². The molecular formula is C14H26N2O4.